The quantitative estimate of drug-likeness (QED) is 0.450. The molecule has 0 spiro atoms. The van der Waals surface area contributed by atoms with Gasteiger partial charge in [0.05, 0.1) is 21.4 Å². The number of nitrogens with zero attached hydrogens (tertiary/aromatic N) is 3. The Morgan fingerprint density at radius 1 is 0.867 bits per heavy atom. The molecule has 0 saturated heterocycles. The molecule has 0 aromatic heterocycles. The number of hydrogen-bond donors (Lipinski definition) is 3. The number of hydrogen-bond acceptors (Lipinski definition) is 3. The topological polar surface area (TPSA) is 101 Å². The van der Waals surface area contributed by atoms with Crippen molar-refractivity contribution in [3.05, 3.63) is 57.1 Å². The SMILES string of the molecule is Cc1cc(F)c(N(C)C(=N)N(C(=N)N(C)c2c(F)cc(C)cc2Cl)C(N)=O)c(Cl)c1. The summed E-state index contributed by atoms with van der Waals surface area (Å²) in [6, 6.07) is 4.17. The van der Waals surface area contributed by atoms with Crippen LogP contribution in [0.4, 0.5) is 25.0 Å². The lowest BCUT2D eigenvalue weighted by Crippen LogP contribution is -2.55. The molecule has 0 aliphatic carbocycles. The van der Waals surface area contributed by atoms with E-state index in [0.717, 1.165) is 9.80 Å². The minimum atomic E-state index is -1.21. The van der Waals surface area contributed by atoms with Gasteiger partial charge < -0.3 is 15.5 Å². The second-order valence-electron chi connectivity index (χ2n) is 6.59. The number of guanidine groups is 2. The maximum atomic E-state index is 14.5. The molecule has 0 unspecified atom stereocenters. The second kappa shape index (κ2) is 8.85. The van der Waals surface area contributed by atoms with E-state index in [9.17, 15) is 13.6 Å². The number of halogens is 4. The van der Waals surface area contributed by atoms with E-state index in [4.69, 9.17) is 39.8 Å². The third kappa shape index (κ3) is 4.47. The highest BCUT2D eigenvalue weighted by Gasteiger charge is 2.31. The summed E-state index contributed by atoms with van der Waals surface area (Å²) < 4.78 is 28.9. The van der Waals surface area contributed by atoms with Gasteiger partial charge in [0.15, 0.2) is 0 Å². The Morgan fingerprint density at radius 3 is 1.47 bits per heavy atom. The third-order valence-electron chi connectivity index (χ3n) is 4.27. The Morgan fingerprint density at radius 2 is 1.20 bits per heavy atom. The normalized spacial score (nSPS) is 10.5. The molecule has 0 aliphatic rings. The molecular formula is C19H20Cl2F2N6O. The minimum absolute atomic E-state index is 0.00307. The van der Waals surface area contributed by atoms with Gasteiger partial charge in [-0.1, -0.05) is 23.2 Å². The summed E-state index contributed by atoms with van der Waals surface area (Å²) >= 11 is 12.2. The molecule has 2 amide bonds. The average molecular weight is 457 g/mol. The van der Waals surface area contributed by atoms with Crippen LogP contribution >= 0.6 is 23.2 Å². The van der Waals surface area contributed by atoms with E-state index in [0.29, 0.717) is 16.0 Å². The lowest BCUT2D eigenvalue weighted by molar-refractivity contribution is 0.240. The summed E-state index contributed by atoms with van der Waals surface area (Å²) in [5.74, 6) is -2.81. The van der Waals surface area contributed by atoms with Crippen LogP contribution < -0.4 is 15.5 Å². The van der Waals surface area contributed by atoms with Gasteiger partial charge in [0.1, 0.15) is 11.6 Å². The first-order valence-electron chi connectivity index (χ1n) is 8.52. The number of carbonyl (C=O) groups excluding carboxylic acids is 1. The van der Waals surface area contributed by atoms with E-state index >= 15 is 0 Å². The van der Waals surface area contributed by atoms with Crippen LogP contribution in [0, 0.1) is 36.3 Å². The number of aryl methyl sites for hydroxylation is 2. The molecule has 30 heavy (non-hydrogen) atoms. The van der Waals surface area contributed by atoms with Gasteiger partial charge >= 0.3 is 6.03 Å². The van der Waals surface area contributed by atoms with E-state index in [1.807, 2.05) is 0 Å². The summed E-state index contributed by atoms with van der Waals surface area (Å²) in [5.41, 5.74) is 6.12. The van der Waals surface area contributed by atoms with Crippen molar-refractivity contribution in [1.82, 2.24) is 4.90 Å². The molecule has 0 heterocycles. The number of rotatable bonds is 2. The number of benzene rings is 2. The fourth-order valence-corrected chi connectivity index (χ4v) is 3.62. The number of carbonyl (C=O) groups is 1. The van der Waals surface area contributed by atoms with Crippen LogP contribution in [0.15, 0.2) is 24.3 Å². The first kappa shape index (κ1) is 23.4. The zero-order chi connectivity index (χ0) is 22.9. The minimum Gasteiger partial charge on any atom is -0.351 e. The van der Waals surface area contributed by atoms with Crippen LogP contribution in [-0.2, 0) is 0 Å². The first-order valence-corrected chi connectivity index (χ1v) is 9.27. The Bertz CT molecular complexity index is 924. The highest BCUT2D eigenvalue weighted by atomic mass is 35.5. The van der Waals surface area contributed by atoms with E-state index in [2.05, 4.69) is 0 Å². The number of nitrogens with two attached hydrogens (primary N) is 1. The van der Waals surface area contributed by atoms with Gasteiger partial charge in [0.25, 0.3) is 0 Å². The maximum absolute atomic E-state index is 14.5. The van der Waals surface area contributed by atoms with Crippen molar-refractivity contribution in [2.75, 3.05) is 23.9 Å². The molecule has 160 valence electrons. The summed E-state index contributed by atoms with van der Waals surface area (Å²) in [6.07, 6.45) is 0. The van der Waals surface area contributed by atoms with E-state index in [1.165, 1.54) is 38.4 Å². The number of primary amides is 1. The van der Waals surface area contributed by atoms with E-state index < -0.39 is 29.6 Å². The first-order chi connectivity index (χ1) is 13.9. The standard InChI is InChI=1S/C19H20Cl2F2N6O/c1-9-5-11(20)15(13(22)7-9)27(3)17(24)29(19(26)30)18(25)28(4)16-12(21)6-10(2)8-14(16)23/h5-8,24-25H,1-4H3,(H2,26,30). The van der Waals surface area contributed by atoms with Gasteiger partial charge in [-0.25, -0.2) is 18.5 Å². The molecule has 4 N–H and O–H groups in total. The van der Waals surface area contributed by atoms with Gasteiger partial charge in [-0.05, 0) is 49.2 Å². The molecule has 0 bridgehead atoms. The van der Waals surface area contributed by atoms with Crippen molar-refractivity contribution in [2.45, 2.75) is 13.8 Å². The smallest absolute Gasteiger partial charge is 0.328 e. The molecule has 0 saturated carbocycles. The molecule has 11 heteroatoms. The molecule has 7 nitrogen and oxygen atoms in total. The second-order valence-corrected chi connectivity index (χ2v) is 7.41. The number of nitrogens with one attached hydrogen (secondary N) is 2. The third-order valence-corrected chi connectivity index (χ3v) is 4.85. The molecule has 2 aromatic rings. The van der Waals surface area contributed by atoms with E-state index in [1.54, 1.807) is 13.8 Å². The average Bonchev–Trinajstić information content (AvgIpc) is 2.59. The number of amides is 2. The van der Waals surface area contributed by atoms with Crippen molar-refractivity contribution in [1.29, 1.82) is 10.8 Å². The summed E-state index contributed by atoms with van der Waals surface area (Å²) in [4.78, 5) is 14.4. The Labute approximate surface area is 182 Å². The highest BCUT2D eigenvalue weighted by Crippen LogP contribution is 2.32. The zero-order valence-corrected chi connectivity index (χ0v) is 18.2. The van der Waals surface area contributed by atoms with Gasteiger partial charge in [-0.2, -0.15) is 0 Å². The molecule has 2 rings (SSSR count). The molecular weight excluding hydrogens is 437 g/mol. The predicted molar refractivity (Wildman–Crippen MR) is 116 cm³/mol. The predicted octanol–water partition coefficient (Wildman–Crippen LogP) is 4.71. The number of anilines is 2. The van der Waals surface area contributed by atoms with Crippen LogP contribution in [-0.4, -0.2) is 36.9 Å². The maximum Gasteiger partial charge on any atom is 0.328 e. The van der Waals surface area contributed by atoms with Crippen molar-refractivity contribution in [2.24, 2.45) is 5.73 Å². The van der Waals surface area contributed by atoms with Gasteiger partial charge in [0.2, 0.25) is 11.9 Å². The summed E-state index contributed by atoms with van der Waals surface area (Å²) in [7, 11) is 2.56. The van der Waals surface area contributed by atoms with Crippen molar-refractivity contribution < 1.29 is 13.6 Å². The molecule has 0 radical (unpaired) electrons. The number of urea groups is 1. The summed E-state index contributed by atoms with van der Waals surface area (Å²) in [6.45, 7) is 3.29. The Kier molecular flexibility index (Phi) is 6.89. The van der Waals surface area contributed by atoms with Crippen LogP contribution in [0.3, 0.4) is 0 Å². The zero-order valence-electron chi connectivity index (χ0n) is 16.6. The van der Waals surface area contributed by atoms with Crippen molar-refractivity contribution in [3.8, 4) is 0 Å². The molecule has 2 aromatic carbocycles. The Balaban J connectivity index is 2.46. The lowest BCUT2D eigenvalue weighted by Gasteiger charge is -2.33. The fraction of sp³-hybridized carbons (Fsp3) is 0.211. The summed E-state index contributed by atoms with van der Waals surface area (Å²) in [5, 5.41) is 16.6. The monoisotopic (exact) mass is 456 g/mol. The van der Waals surface area contributed by atoms with Gasteiger partial charge in [0, 0.05) is 14.1 Å². The van der Waals surface area contributed by atoms with Crippen LogP contribution in [0.25, 0.3) is 0 Å². The van der Waals surface area contributed by atoms with Crippen LogP contribution in [0.2, 0.25) is 10.0 Å². The molecule has 0 aliphatic heterocycles. The van der Waals surface area contributed by atoms with Gasteiger partial charge in [-0.15, -0.1) is 0 Å². The fourth-order valence-electron chi connectivity index (χ4n) is 2.85. The van der Waals surface area contributed by atoms with Crippen LogP contribution in [0.1, 0.15) is 11.1 Å². The van der Waals surface area contributed by atoms with Crippen molar-refractivity contribution in [3.63, 3.8) is 0 Å². The largest absolute Gasteiger partial charge is 0.351 e. The highest BCUT2D eigenvalue weighted by molar-refractivity contribution is 6.35. The molecule has 0 fully saturated rings. The van der Waals surface area contributed by atoms with Crippen molar-refractivity contribution >= 4 is 52.5 Å². The van der Waals surface area contributed by atoms with Crippen LogP contribution in [0.5, 0.6) is 0 Å². The van der Waals surface area contributed by atoms with E-state index in [-0.39, 0.29) is 21.4 Å². The molecule has 0 atom stereocenters. The Hall–Kier alpha value is -2.91. The lowest BCUT2D eigenvalue weighted by atomic mass is 10.2. The van der Waals surface area contributed by atoms with Gasteiger partial charge in [-0.3, -0.25) is 10.8 Å².